The van der Waals surface area contributed by atoms with Gasteiger partial charge < -0.3 is 20.1 Å². The van der Waals surface area contributed by atoms with E-state index in [1.165, 1.54) is 109 Å². The van der Waals surface area contributed by atoms with E-state index in [1.54, 1.807) is 0 Å². The average Bonchev–Trinajstić information content (AvgIpc) is 3.13. The fourth-order valence-corrected chi connectivity index (χ4v) is 6.67. The molecule has 0 aliphatic carbocycles. The molecule has 2 atom stereocenters. The molecule has 0 aromatic heterocycles. The summed E-state index contributed by atoms with van der Waals surface area (Å²) in [5.41, 5.74) is 5.34. The molecule has 0 rings (SSSR count). The largest absolute Gasteiger partial charge is 0.472 e. The van der Waals surface area contributed by atoms with Gasteiger partial charge in [-0.3, -0.25) is 18.6 Å². The van der Waals surface area contributed by atoms with Crippen LogP contribution in [0.15, 0.2) is 24.3 Å². The van der Waals surface area contributed by atoms with Gasteiger partial charge in [0.2, 0.25) is 0 Å². The molecule has 0 spiro atoms. The van der Waals surface area contributed by atoms with Crippen molar-refractivity contribution in [3.8, 4) is 0 Å². The second kappa shape index (κ2) is 39.2. The van der Waals surface area contributed by atoms with Gasteiger partial charge in [0.25, 0.3) is 0 Å². The average molecular weight is 758 g/mol. The third-order valence-corrected chi connectivity index (χ3v) is 10.1. The van der Waals surface area contributed by atoms with Gasteiger partial charge in [-0.05, 0) is 44.9 Å². The number of esters is 2. The number of phosphoric acid groups is 1. The van der Waals surface area contributed by atoms with E-state index in [1.807, 2.05) is 0 Å². The van der Waals surface area contributed by atoms with Gasteiger partial charge in [0.05, 0.1) is 13.2 Å². The maximum Gasteiger partial charge on any atom is 0.472 e. The Kier molecular flexibility index (Phi) is 38.1. The Balaban J connectivity index is 4.16. The predicted octanol–water partition coefficient (Wildman–Crippen LogP) is 12.0. The van der Waals surface area contributed by atoms with Gasteiger partial charge in [-0.15, -0.1) is 0 Å². The van der Waals surface area contributed by atoms with Crippen molar-refractivity contribution in [1.82, 2.24) is 0 Å². The molecule has 306 valence electrons. The number of carbonyl (C=O) groups excluding carboxylic acids is 2. The Morgan fingerprint density at radius 1 is 0.577 bits per heavy atom. The van der Waals surface area contributed by atoms with E-state index in [2.05, 4.69) is 38.2 Å². The number of rotatable bonds is 40. The minimum Gasteiger partial charge on any atom is -0.462 e. The Bertz CT molecular complexity index is 912. The Labute approximate surface area is 319 Å². The van der Waals surface area contributed by atoms with Gasteiger partial charge in [0.1, 0.15) is 6.61 Å². The van der Waals surface area contributed by atoms with Gasteiger partial charge in [-0.25, -0.2) is 4.57 Å². The molecule has 0 aromatic rings. The van der Waals surface area contributed by atoms with E-state index in [9.17, 15) is 19.0 Å². The van der Waals surface area contributed by atoms with Crippen molar-refractivity contribution >= 4 is 19.8 Å². The van der Waals surface area contributed by atoms with Crippen LogP contribution in [-0.4, -0.2) is 49.3 Å². The monoisotopic (exact) mass is 758 g/mol. The van der Waals surface area contributed by atoms with Crippen LogP contribution in [0.2, 0.25) is 0 Å². The second-order valence-electron chi connectivity index (χ2n) is 14.2. The molecule has 0 aliphatic heterocycles. The fourth-order valence-electron chi connectivity index (χ4n) is 5.90. The first-order valence-corrected chi connectivity index (χ1v) is 22.8. The molecular formula is C42H80NO8P. The standard InChI is InChI=1S/C42H80NO8P/c1-3-5-7-9-11-13-15-17-19-21-23-25-27-29-31-33-35-42(45)51-40(39-50-52(46,47)49-37-36-43)38-48-41(44)34-32-30-28-26-24-22-20-18-16-14-12-10-8-6-4-2/h12,14,18,20,40H,3-11,13,15-17,19,21-39,43H2,1-2H3,(H,46,47)/b14-12+,20-18+/t40-/m1/s1. The van der Waals surface area contributed by atoms with Gasteiger partial charge in [-0.1, -0.05) is 167 Å². The topological polar surface area (TPSA) is 134 Å². The van der Waals surface area contributed by atoms with Gasteiger partial charge in [0.15, 0.2) is 6.10 Å². The zero-order chi connectivity index (χ0) is 38.2. The molecule has 0 saturated carbocycles. The number of phosphoric ester groups is 1. The van der Waals surface area contributed by atoms with E-state index < -0.39 is 32.5 Å². The van der Waals surface area contributed by atoms with Crippen molar-refractivity contribution in [3.63, 3.8) is 0 Å². The second-order valence-corrected chi connectivity index (χ2v) is 15.7. The first-order chi connectivity index (χ1) is 25.3. The maximum atomic E-state index is 12.6. The van der Waals surface area contributed by atoms with Crippen LogP contribution < -0.4 is 5.73 Å². The number of ether oxygens (including phenoxy) is 2. The van der Waals surface area contributed by atoms with Crippen molar-refractivity contribution in [3.05, 3.63) is 24.3 Å². The molecular weight excluding hydrogens is 677 g/mol. The number of allylic oxidation sites excluding steroid dienone is 4. The van der Waals surface area contributed by atoms with Crippen LogP contribution in [0.25, 0.3) is 0 Å². The lowest BCUT2D eigenvalue weighted by atomic mass is 10.0. The number of nitrogens with two attached hydrogens (primary N) is 1. The highest BCUT2D eigenvalue weighted by molar-refractivity contribution is 7.47. The first-order valence-electron chi connectivity index (χ1n) is 21.3. The third-order valence-electron chi connectivity index (χ3n) is 9.09. The van der Waals surface area contributed by atoms with Crippen LogP contribution in [0, 0.1) is 0 Å². The molecule has 0 amide bonds. The van der Waals surface area contributed by atoms with Crippen molar-refractivity contribution in [2.24, 2.45) is 5.73 Å². The summed E-state index contributed by atoms with van der Waals surface area (Å²) in [5, 5.41) is 0. The molecule has 1 unspecified atom stereocenters. The molecule has 0 heterocycles. The predicted molar refractivity (Wildman–Crippen MR) is 215 cm³/mol. The van der Waals surface area contributed by atoms with Crippen LogP contribution >= 0.6 is 7.82 Å². The van der Waals surface area contributed by atoms with E-state index in [-0.39, 0.29) is 32.6 Å². The fraction of sp³-hybridized carbons (Fsp3) is 0.857. The third kappa shape index (κ3) is 38.2. The summed E-state index contributed by atoms with van der Waals surface area (Å²) < 4.78 is 32.7. The van der Waals surface area contributed by atoms with Crippen LogP contribution in [0.5, 0.6) is 0 Å². The number of hydrogen-bond acceptors (Lipinski definition) is 8. The molecule has 0 radical (unpaired) electrons. The Hall–Kier alpha value is -1.51. The van der Waals surface area contributed by atoms with Crippen LogP contribution in [0.3, 0.4) is 0 Å². The molecule has 0 aromatic carbocycles. The van der Waals surface area contributed by atoms with Crippen LogP contribution in [-0.2, 0) is 32.7 Å². The van der Waals surface area contributed by atoms with Gasteiger partial charge >= 0.3 is 19.8 Å². The normalized spacial score (nSPS) is 13.5. The number of hydrogen-bond donors (Lipinski definition) is 2. The quantitative estimate of drug-likeness (QED) is 0.0271. The SMILES string of the molecule is CCCCC/C=C/C/C=C/CCCCCCCC(=O)OC[C@H](COP(=O)(O)OCCN)OC(=O)CCCCCCCCCCCCCCCCCC. The lowest BCUT2D eigenvalue weighted by molar-refractivity contribution is -0.161. The number of unbranched alkanes of at least 4 members (excludes halogenated alkanes) is 23. The summed E-state index contributed by atoms with van der Waals surface area (Å²) in [5.74, 6) is -0.838. The van der Waals surface area contributed by atoms with Crippen molar-refractivity contribution in [2.75, 3.05) is 26.4 Å². The van der Waals surface area contributed by atoms with E-state index in [0.717, 1.165) is 57.8 Å². The van der Waals surface area contributed by atoms with Crippen molar-refractivity contribution < 1.29 is 37.6 Å². The summed E-state index contributed by atoms with van der Waals surface area (Å²) in [6, 6.07) is 0. The molecule has 3 N–H and O–H groups in total. The minimum atomic E-state index is -4.37. The smallest absolute Gasteiger partial charge is 0.462 e. The molecule has 0 saturated heterocycles. The summed E-state index contributed by atoms with van der Waals surface area (Å²) in [6.45, 7) is 3.71. The lowest BCUT2D eigenvalue weighted by Crippen LogP contribution is -2.29. The van der Waals surface area contributed by atoms with Crippen LogP contribution in [0.1, 0.15) is 200 Å². The summed E-state index contributed by atoms with van der Waals surface area (Å²) in [6.07, 6.45) is 40.6. The van der Waals surface area contributed by atoms with Crippen molar-refractivity contribution in [2.45, 2.75) is 206 Å². The highest BCUT2D eigenvalue weighted by Crippen LogP contribution is 2.43. The molecule has 9 nitrogen and oxygen atoms in total. The lowest BCUT2D eigenvalue weighted by Gasteiger charge is -2.19. The molecule has 0 bridgehead atoms. The first kappa shape index (κ1) is 50.5. The highest BCUT2D eigenvalue weighted by Gasteiger charge is 2.26. The Morgan fingerprint density at radius 3 is 1.50 bits per heavy atom. The molecule has 10 heteroatoms. The summed E-state index contributed by atoms with van der Waals surface area (Å²) in [7, 11) is -4.37. The zero-order valence-corrected chi connectivity index (χ0v) is 34.4. The van der Waals surface area contributed by atoms with Crippen LogP contribution in [0.4, 0.5) is 0 Å². The Morgan fingerprint density at radius 2 is 1.00 bits per heavy atom. The molecule has 52 heavy (non-hydrogen) atoms. The minimum absolute atomic E-state index is 0.0530. The molecule has 0 aliphatic rings. The summed E-state index contributed by atoms with van der Waals surface area (Å²) >= 11 is 0. The van der Waals surface area contributed by atoms with Gasteiger partial charge in [-0.2, -0.15) is 0 Å². The summed E-state index contributed by atoms with van der Waals surface area (Å²) in [4.78, 5) is 34.8. The van der Waals surface area contributed by atoms with Gasteiger partial charge in [0, 0.05) is 19.4 Å². The highest BCUT2D eigenvalue weighted by atomic mass is 31.2. The van der Waals surface area contributed by atoms with E-state index >= 15 is 0 Å². The van der Waals surface area contributed by atoms with E-state index in [4.69, 9.17) is 24.3 Å². The van der Waals surface area contributed by atoms with E-state index in [0.29, 0.717) is 6.42 Å². The maximum absolute atomic E-state index is 12.6. The zero-order valence-electron chi connectivity index (χ0n) is 33.6. The van der Waals surface area contributed by atoms with Crippen molar-refractivity contribution in [1.29, 1.82) is 0 Å². The number of carbonyl (C=O) groups is 2. The molecule has 0 fully saturated rings.